The Labute approximate surface area is 105 Å². The number of carboxylic acid groups (broad SMARTS) is 1. The zero-order valence-electron chi connectivity index (χ0n) is 10.0. The van der Waals surface area contributed by atoms with Gasteiger partial charge in [0.15, 0.2) is 0 Å². The maximum absolute atomic E-state index is 11.8. The number of nitrogens with zero attached hydrogens (tertiary/aromatic N) is 1. The van der Waals surface area contributed by atoms with Crippen molar-refractivity contribution in [1.29, 1.82) is 0 Å². The Morgan fingerprint density at radius 3 is 2.83 bits per heavy atom. The molecule has 2 fully saturated rings. The van der Waals surface area contributed by atoms with E-state index >= 15 is 0 Å². The minimum atomic E-state index is -1.08. The molecular weight excluding hydrogens is 240 g/mol. The van der Waals surface area contributed by atoms with E-state index in [0.717, 1.165) is 12.8 Å². The first-order valence-electron chi connectivity index (χ1n) is 6.15. The van der Waals surface area contributed by atoms with Gasteiger partial charge in [0.05, 0.1) is 12.2 Å². The second kappa shape index (κ2) is 5.53. The summed E-state index contributed by atoms with van der Waals surface area (Å²) in [5.41, 5.74) is 0. The standard InChI is InChI=1S/C11H18N2O5/c14-7-4-9(10(15)16)13(6-7)11(17)12-5-8-2-1-3-18-8/h7-9,14H,1-6H2,(H,12,17)(H,15,16)/t7-,8?,9+/m1/s1. The molecule has 1 unspecified atom stereocenters. The van der Waals surface area contributed by atoms with Crippen LogP contribution in [-0.4, -0.2) is 65.1 Å². The molecule has 7 heteroatoms. The van der Waals surface area contributed by atoms with Gasteiger partial charge in [-0.3, -0.25) is 0 Å². The summed E-state index contributed by atoms with van der Waals surface area (Å²) in [6.45, 7) is 1.16. The maximum Gasteiger partial charge on any atom is 0.326 e. The monoisotopic (exact) mass is 258 g/mol. The molecule has 2 rings (SSSR count). The van der Waals surface area contributed by atoms with Crippen molar-refractivity contribution in [3.63, 3.8) is 0 Å². The normalized spacial score (nSPS) is 31.6. The number of aliphatic carboxylic acids is 1. The Balaban J connectivity index is 1.85. The molecule has 0 radical (unpaired) electrons. The van der Waals surface area contributed by atoms with Crippen LogP contribution in [0.4, 0.5) is 4.79 Å². The third-order valence-corrected chi connectivity index (χ3v) is 3.33. The lowest BCUT2D eigenvalue weighted by Crippen LogP contribution is -2.47. The smallest absolute Gasteiger partial charge is 0.326 e. The maximum atomic E-state index is 11.8. The van der Waals surface area contributed by atoms with E-state index in [1.54, 1.807) is 0 Å². The Hall–Kier alpha value is -1.34. The highest BCUT2D eigenvalue weighted by Crippen LogP contribution is 2.18. The number of hydrogen-bond donors (Lipinski definition) is 3. The van der Waals surface area contributed by atoms with Crippen LogP contribution in [0.2, 0.25) is 0 Å². The van der Waals surface area contributed by atoms with Crippen molar-refractivity contribution < 1.29 is 24.5 Å². The summed E-state index contributed by atoms with van der Waals surface area (Å²) in [6, 6.07) is -1.39. The molecule has 0 bridgehead atoms. The van der Waals surface area contributed by atoms with Gasteiger partial charge in [-0.1, -0.05) is 0 Å². The Bertz CT molecular complexity index is 329. The molecule has 18 heavy (non-hydrogen) atoms. The van der Waals surface area contributed by atoms with Gasteiger partial charge >= 0.3 is 12.0 Å². The number of ether oxygens (including phenoxy) is 1. The zero-order valence-corrected chi connectivity index (χ0v) is 10.0. The quantitative estimate of drug-likeness (QED) is 0.627. The number of aliphatic hydroxyl groups is 1. The number of aliphatic hydroxyl groups excluding tert-OH is 1. The average molecular weight is 258 g/mol. The van der Waals surface area contributed by atoms with Gasteiger partial charge in [0, 0.05) is 26.1 Å². The molecule has 102 valence electrons. The lowest BCUT2D eigenvalue weighted by atomic mass is 10.2. The lowest BCUT2D eigenvalue weighted by molar-refractivity contribution is -0.141. The van der Waals surface area contributed by atoms with Crippen LogP contribution in [-0.2, 0) is 9.53 Å². The number of likely N-dealkylation sites (tertiary alicyclic amines) is 1. The van der Waals surface area contributed by atoms with Crippen LogP contribution < -0.4 is 5.32 Å². The van der Waals surface area contributed by atoms with E-state index in [1.807, 2.05) is 0 Å². The molecular formula is C11H18N2O5. The van der Waals surface area contributed by atoms with Crippen LogP contribution in [0.25, 0.3) is 0 Å². The van der Waals surface area contributed by atoms with Crippen LogP contribution in [0.15, 0.2) is 0 Å². The molecule has 0 aromatic carbocycles. The van der Waals surface area contributed by atoms with Gasteiger partial charge < -0.3 is 25.2 Å². The molecule has 2 saturated heterocycles. The molecule has 2 heterocycles. The summed E-state index contributed by atoms with van der Waals surface area (Å²) < 4.78 is 5.36. The average Bonchev–Trinajstić information content (AvgIpc) is 2.94. The van der Waals surface area contributed by atoms with E-state index in [-0.39, 0.29) is 19.1 Å². The van der Waals surface area contributed by atoms with Gasteiger partial charge in [-0.15, -0.1) is 0 Å². The van der Waals surface area contributed by atoms with Crippen molar-refractivity contribution in [2.45, 2.75) is 37.5 Å². The topological polar surface area (TPSA) is 99.1 Å². The first-order chi connectivity index (χ1) is 8.58. The van der Waals surface area contributed by atoms with Gasteiger partial charge in [0.1, 0.15) is 6.04 Å². The summed E-state index contributed by atoms with van der Waals surface area (Å²) in [5, 5.41) is 21.1. The third kappa shape index (κ3) is 2.91. The van der Waals surface area contributed by atoms with Gasteiger partial charge in [-0.05, 0) is 12.8 Å². The van der Waals surface area contributed by atoms with Crippen LogP contribution in [0, 0.1) is 0 Å². The molecule has 2 aliphatic heterocycles. The third-order valence-electron chi connectivity index (χ3n) is 3.33. The van der Waals surface area contributed by atoms with Gasteiger partial charge in [0.2, 0.25) is 0 Å². The summed E-state index contributed by atoms with van der Waals surface area (Å²) in [7, 11) is 0. The highest BCUT2D eigenvalue weighted by atomic mass is 16.5. The second-order valence-electron chi connectivity index (χ2n) is 4.72. The Morgan fingerprint density at radius 1 is 1.44 bits per heavy atom. The number of hydrogen-bond acceptors (Lipinski definition) is 4. The SMILES string of the molecule is O=C(O)[C@@H]1C[C@@H](O)CN1C(=O)NCC1CCCO1. The van der Waals surface area contributed by atoms with Crippen molar-refractivity contribution in [3.05, 3.63) is 0 Å². The van der Waals surface area contributed by atoms with Crippen LogP contribution in [0.1, 0.15) is 19.3 Å². The molecule has 3 atom stereocenters. The number of urea groups is 1. The first kappa shape index (κ1) is 13.1. The van der Waals surface area contributed by atoms with Crippen molar-refractivity contribution in [2.24, 2.45) is 0 Å². The highest BCUT2D eigenvalue weighted by molar-refractivity contribution is 5.83. The second-order valence-corrected chi connectivity index (χ2v) is 4.72. The van der Waals surface area contributed by atoms with Gasteiger partial charge in [-0.2, -0.15) is 0 Å². The van der Waals surface area contributed by atoms with Crippen LogP contribution in [0.3, 0.4) is 0 Å². The fourth-order valence-electron chi connectivity index (χ4n) is 2.38. The Kier molecular flexibility index (Phi) is 4.03. The van der Waals surface area contributed by atoms with Crippen LogP contribution >= 0.6 is 0 Å². The minimum Gasteiger partial charge on any atom is -0.480 e. The number of β-amino-alcohol motifs (C(OH)–C–C–N with tert-alkyl or cyclic N) is 1. The van der Waals surface area contributed by atoms with E-state index in [9.17, 15) is 14.7 Å². The molecule has 0 aromatic heterocycles. The number of amides is 2. The fourth-order valence-corrected chi connectivity index (χ4v) is 2.38. The molecule has 3 N–H and O–H groups in total. The summed E-state index contributed by atoms with van der Waals surface area (Å²) in [5.74, 6) is -1.08. The van der Waals surface area contributed by atoms with E-state index in [2.05, 4.69) is 5.32 Å². The Morgan fingerprint density at radius 2 is 2.22 bits per heavy atom. The predicted octanol–water partition coefficient (Wildman–Crippen LogP) is -0.605. The molecule has 0 spiro atoms. The van der Waals surface area contributed by atoms with E-state index in [4.69, 9.17) is 9.84 Å². The number of carbonyl (C=O) groups excluding carboxylic acids is 1. The van der Waals surface area contributed by atoms with Crippen molar-refractivity contribution in [1.82, 2.24) is 10.2 Å². The molecule has 0 aliphatic carbocycles. The predicted molar refractivity (Wildman–Crippen MR) is 61.1 cm³/mol. The number of carbonyl (C=O) groups is 2. The first-order valence-corrected chi connectivity index (χ1v) is 6.15. The molecule has 2 amide bonds. The van der Waals surface area contributed by atoms with Crippen molar-refractivity contribution in [3.8, 4) is 0 Å². The van der Waals surface area contributed by atoms with Gasteiger partial charge in [0.25, 0.3) is 0 Å². The van der Waals surface area contributed by atoms with E-state index in [1.165, 1.54) is 4.90 Å². The molecule has 2 aliphatic rings. The molecule has 7 nitrogen and oxygen atoms in total. The van der Waals surface area contributed by atoms with E-state index < -0.39 is 24.1 Å². The summed E-state index contributed by atoms with van der Waals surface area (Å²) >= 11 is 0. The molecule has 0 saturated carbocycles. The lowest BCUT2D eigenvalue weighted by Gasteiger charge is -2.22. The van der Waals surface area contributed by atoms with Crippen LogP contribution in [0.5, 0.6) is 0 Å². The number of rotatable bonds is 3. The fraction of sp³-hybridized carbons (Fsp3) is 0.818. The summed E-state index contributed by atoms with van der Waals surface area (Å²) in [6.07, 6.45) is 1.23. The molecule has 0 aromatic rings. The van der Waals surface area contributed by atoms with E-state index in [0.29, 0.717) is 13.2 Å². The summed E-state index contributed by atoms with van der Waals surface area (Å²) in [4.78, 5) is 24.0. The van der Waals surface area contributed by atoms with Gasteiger partial charge in [-0.25, -0.2) is 9.59 Å². The zero-order chi connectivity index (χ0) is 13.1. The largest absolute Gasteiger partial charge is 0.480 e. The highest BCUT2D eigenvalue weighted by Gasteiger charge is 2.39. The van der Waals surface area contributed by atoms with Crippen molar-refractivity contribution >= 4 is 12.0 Å². The van der Waals surface area contributed by atoms with Crippen molar-refractivity contribution in [2.75, 3.05) is 19.7 Å². The number of carboxylic acids is 1. The number of nitrogens with one attached hydrogen (secondary N) is 1. The minimum absolute atomic E-state index is 0.0183.